The topological polar surface area (TPSA) is 75.7 Å². The molecule has 0 unspecified atom stereocenters. The van der Waals surface area contributed by atoms with Crippen LogP contribution in [-0.4, -0.2) is 39.3 Å². The number of hydrogen-bond acceptors (Lipinski definition) is 4. The number of amides is 1. The molecule has 0 aromatic heterocycles. The van der Waals surface area contributed by atoms with E-state index in [0.717, 1.165) is 15.4 Å². The van der Waals surface area contributed by atoms with Gasteiger partial charge in [-0.2, -0.15) is 0 Å². The lowest BCUT2D eigenvalue weighted by molar-refractivity contribution is -0.118. The predicted octanol–water partition coefficient (Wildman–Crippen LogP) is 2.57. The lowest BCUT2D eigenvalue weighted by Crippen LogP contribution is -2.22. The second kappa shape index (κ2) is 7.67. The number of anilines is 1. The Labute approximate surface area is 148 Å². The van der Waals surface area contributed by atoms with Crippen molar-refractivity contribution < 1.29 is 17.9 Å². The van der Waals surface area contributed by atoms with E-state index in [0.29, 0.717) is 11.4 Å². The Kier molecular flexibility index (Phi) is 5.81. The molecule has 2 aromatic carbocycles. The number of nitrogens with zero attached hydrogens (tertiary/aromatic N) is 1. The molecule has 0 spiro atoms. The van der Waals surface area contributed by atoms with E-state index in [1.54, 1.807) is 12.1 Å². The van der Waals surface area contributed by atoms with Gasteiger partial charge in [-0.3, -0.25) is 4.79 Å². The van der Waals surface area contributed by atoms with E-state index >= 15 is 0 Å². The van der Waals surface area contributed by atoms with E-state index < -0.39 is 10.0 Å². The van der Waals surface area contributed by atoms with Crippen molar-refractivity contribution in [2.45, 2.75) is 18.7 Å². The molecule has 0 heterocycles. The van der Waals surface area contributed by atoms with Gasteiger partial charge in [0.1, 0.15) is 5.75 Å². The molecule has 1 amide bonds. The minimum Gasteiger partial charge on any atom is -0.483 e. The Hall–Kier alpha value is -2.38. The second-order valence-corrected chi connectivity index (χ2v) is 8.02. The van der Waals surface area contributed by atoms with Gasteiger partial charge in [0.2, 0.25) is 10.0 Å². The summed E-state index contributed by atoms with van der Waals surface area (Å²) < 4.78 is 30.7. The van der Waals surface area contributed by atoms with Crippen LogP contribution in [0.1, 0.15) is 11.1 Å². The molecule has 134 valence electrons. The van der Waals surface area contributed by atoms with Crippen LogP contribution in [0.25, 0.3) is 0 Å². The molecule has 25 heavy (non-hydrogen) atoms. The van der Waals surface area contributed by atoms with Gasteiger partial charge in [-0.1, -0.05) is 18.2 Å². The first-order chi connectivity index (χ1) is 11.7. The molecule has 0 saturated heterocycles. The van der Waals surface area contributed by atoms with Crippen LogP contribution in [0, 0.1) is 13.8 Å². The molecule has 0 bridgehead atoms. The van der Waals surface area contributed by atoms with E-state index in [9.17, 15) is 13.2 Å². The average molecular weight is 362 g/mol. The number of sulfonamides is 1. The van der Waals surface area contributed by atoms with Crippen LogP contribution < -0.4 is 10.1 Å². The largest absolute Gasteiger partial charge is 0.483 e. The van der Waals surface area contributed by atoms with Crippen LogP contribution in [0.3, 0.4) is 0 Å². The van der Waals surface area contributed by atoms with Crippen molar-refractivity contribution in [1.82, 2.24) is 4.31 Å². The molecule has 2 rings (SSSR count). The summed E-state index contributed by atoms with van der Waals surface area (Å²) in [5.41, 5.74) is 2.44. The van der Waals surface area contributed by atoms with Crippen LogP contribution in [0.5, 0.6) is 5.75 Å². The number of carbonyl (C=O) groups excluding carboxylic acids is 1. The number of carbonyl (C=O) groups is 1. The first kappa shape index (κ1) is 19.0. The van der Waals surface area contributed by atoms with E-state index in [-0.39, 0.29) is 17.4 Å². The maximum absolute atomic E-state index is 12.0. The molecule has 7 heteroatoms. The number of rotatable bonds is 6. The van der Waals surface area contributed by atoms with Gasteiger partial charge in [-0.15, -0.1) is 0 Å². The number of ether oxygens (including phenoxy) is 1. The van der Waals surface area contributed by atoms with Crippen LogP contribution in [0.4, 0.5) is 5.69 Å². The van der Waals surface area contributed by atoms with Gasteiger partial charge in [0, 0.05) is 19.8 Å². The minimum absolute atomic E-state index is 0.122. The average Bonchev–Trinajstić information content (AvgIpc) is 2.54. The zero-order valence-corrected chi connectivity index (χ0v) is 15.6. The van der Waals surface area contributed by atoms with Crippen molar-refractivity contribution in [2.24, 2.45) is 0 Å². The van der Waals surface area contributed by atoms with E-state index in [4.69, 9.17) is 4.74 Å². The summed E-state index contributed by atoms with van der Waals surface area (Å²) in [4.78, 5) is 12.2. The normalized spacial score (nSPS) is 11.4. The van der Waals surface area contributed by atoms with Crippen molar-refractivity contribution in [3.63, 3.8) is 0 Å². The fourth-order valence-corrected chi connectivity index (χ4v) is 3.18. The predicted molar refractivity (Wildman–Crippen MR) is 97.4 cm³/mol. The Balaban J connectivity index is 1.99. The summed E-state index contributed by atoms with van der Waals surface area (Å²) in [7, 11) is -0.546. The third-order valence-corrected chi connectivity index (χ3v) is 5.50. The fraction of sp³-hybridized carbons (Fsp3) is 0.278. The summed E-state index contributed by atoms with van der Waals surface area (Å²) in [6, 6.07) is 11.8. The molecule has 6 nitrogen and oxygen atoms in total. The molecule has 2 aromatic rings. The van der Waals surface area contributed by atoms with Crippen molar-refractivity contribution >= 4 is 21.6 Å². The zero-order valence-electron chi connectivity index (χ0n) is 14.7. The third kappa shape index (κ3) is 4.58. The van der Waals surface area contributed by atoms with Gasteiger partial charge in [-0.25, -0.2) is 12.7 Å². The third-order valence-electron chi connectivity index (χ3n) is 3.67. The fourth-order valence-electron chi connectivity index (χ4n) is 2.28. The lowest BCUT2D eigenvalue weighted by Gasteiger charge is -2.13. The van der Waals surface area contributed by atoms with E-state index in [1.165, 1.54) is 26.2 Å². The Morgan fingerprint density at radius 3 is 2.12 bits per heavy atom. The molecule has 0 saturated carbocycles. The maximum Gasteiger partial charge on any atom is 0.262 e. The number of nitrogens with one attached hydrogen (secondary N) is 1. The van der Waals surface area contributed by atoms with E-state index in [2.05, 4.69) is 5.32 Å². The standard InChI is InChI=1S/C18H22N2O4S/c1-13-6-5-7-14(2)18(13)24-12-17(21)19-15-8-10-16(11-9-15)25(22,23)20(3)4/h5-11H,12H2,1-4H3,(H,19,21). The van der Waals surface area contributed by atoms with Crippen molar-refractivity contribution in [2.75, 3.05) is 26.0 Å². The molecule has 0 aliphatic rings. The van der Waals surface area contributed by atoms with Crippen molar-refractivity contribution in [1.29, 1.82) is 0 Å². The van der Waals surface area contributed by atoms with Gasteiger partial charge in [0.15, 0.2) is 6.61 Å². The van der Waals surface area contributed by atoms with Crippen LogP contribution in [0.15, 0.2) is 47.4 Å². The monoisotopic (exact) mass is 362 g/mol. The summed E-state index contributed by atoms with van der Waals surface area (Å²) >= 11 is 0. The molecule has 0 atom stereocenters. The highest BCUT2D eigenvalue weighted by molar-refractivity contribution is 7.89. The molecular formula is C18H22N2O4S. The summed E-state index contributed by atoms with van der Waals surface area (Å²) in [5.74, 6) is 0.385. The molecule has 0 aliphatic heterocycles. The Morgan fingerprint density at radius 1 is 1.04 bits per heavy atom. The first-order valence-corrected chi connectivity index (χ1v) is 9.17. The maximum atomic E-state index is 12.0. The second-order valence-electron chi connectivity index (χ2n) is 5.87. The van der Waals surface area contributed by atoms with E-state index in [1.807, 2.05) is 32.0 Å². The minimum atomic E-state index is -3.48. The highest BCUT2D eigenvalue weighted by atomic mass is 32.2. The lowest BCUT2D eigenvalue weighted by atomic mass is 10.1. The molecule has 0 aliphatic carbocycles. The Morgan fingerprint density at radius 2 is 1.60 bits per heavy atom. The van der Waals surface area contributed by atoms with Crippen LogP contribution >= 0.6 is 0 Å². The van der Waals surface area contributed by atoms with Crippen LogP contribution in [0.2, 0.25) is 0 Å². The van der Waals surface area contributed by atoms with Crippen LogP contribution in [-0.2, 0) is 14.8 Å². The number of hydrogen-bond donors (Lipinski definition) is 1. The Bertz CT molecular complexity index is 839. The highest BCUT2D eigenvalue weighted by Gasteiger charge is 2.16. The SMILES string of the molecule is Cc1cccc(C)c1OCC(=O)Nc1ccc(S(=O)(=O)N(C)C)cc1. The van der Waals surface area contributed by atoms with Crippen molar-refractivity contribution in [3.05, 3.63) is 53.6 Å². The molecule has 0 fully saturated rings. The molecule has 0 radical (unpaired) electrons. The smallest absolute Gasteiger partial charge is 0.262 e. The number of para-hydroxylation sites is 1. The van der Waals surface area contributed by atoms with Gasteiger partial charge < -0.3 is 10.1 Å². The van der Waals surface area contributed by atoms with Crippen molar-refractivity contribution in [3.8, 4) is 5.75 Å². The summed E-state index contributed by atoms with van der Waals surface area (Å²) in [5, 5.41) is 2.69. The summed E-state index contributed by atoms with van der Waals surface area (Å²) in [6.07, 6.45) is 0. The number of benzene rings is 2. The van der Waals surface area contributed by atoms with Gasteiger partial charge >= 0.3 is 0 Å². The highest BCUT2D eigenvalue weighted by Crippen LogP contribution is 2.22. The van der Waals surface area contributed by atoms with Gasteiger partial charge in [0.25, 0.3) is 5.91 Å². The molecule has 1 N–H and O–H groups in total. The summed E-state index contributed by atoms with van der Waals surface area (Å²) in [6.45, 7) is 3.72. The van der Waals surface area contributed by atoms with Gasteiger partial charge in [-0.05, 0) is 49.2 Å². The first-order valence-electron chi connectivity index (χ1n) is 7.73. The molecular weight excluding hydrogens is 340 g/mol. The van der Waals surface area contributed by atoms with Gasteiger partial charge in [0.05, 0.1) is 4.90 Å². The number of aryl methyl sites for hydroxylation is 2. The quantitative estimate of drug-likeness (QED) is 0.857. The zero-order chi connectivity index (χ0) is 18.6.